The quantitative estimate of drug-likeness (QED) is 0.258. The Morgan fingerprint density at radius 2 is 1.56 bits per heavy atom. The highest BCUT2D eigenvalue weighted by Gasteiger charge is 2.30. The van der Waals surface area contributed by atoms with Crippen LogP contribution in [0.4, 0.5) is 5.82 Å². The average Bonchev–Trinajstić information content (AvgIpc) is 3.03. The van der Waals surface area contributed by atoms with Gasteiger partial charge >= 0.3 is 0 Å². The molecule has 0 unspecified atom stereocenters. The van der Waals surface area contributed by atoms with Crippen molar-refractivity contribution in [2.24, 2.45) is 0 Å². The molecule has 9 heteroatoms. The molecule has 1 atom stereocenters. The molecule has 1 N–H and O–H groups in total. The zero-order valence-corrected chi connectivity index (χ0v) is 24.8. The van der Waals surface area contributed by atoms with Gasteiger partial charge in [-0.25, -0.2) is 9.97 Å². The summed E-state index contributed by atoms with van der Waals surface area (Å²) in [5, 5.41) is 13.2. The van der Waals surface area contributed by atoms with E-state index in [-0.39, 0.29) is 5.91 Å². The topological polar surface area (TPSA) is 104 Å². The molecule has 222 valence electrons. The van der Waals surface area contributed by atoms with Crippen LogP contribution in [0.5, 0.6) is 11.5 Å². The number of hydrogen-bond acceptors (Lipinski definition) is 8. The Hall–Kier alpha value is -4.68. The van der Waals surface area contributed by atoms with Crippen LogP contribution in [0.2, 0.25) is 0 Å². The van der Waals surface area contributed by atoms with Gasteiger partial charge in [-0.05, 0) is 55.7 Å². The minimum atomic E-state index is -1.09. The Labute approximate surface area is 253 Å². The van der Waals surface area contributed by atoms with E-state index in [2.05, 4.69) is 45.5 Å². The number of nitrogens with one attached hydrogen (secondary N) is 1. The van der Waals surface area contributed by atoms with E-state index in [1.165, 1.54) is 5.56 Å². The number of aromatic nitrogens is 2. The zero-order chi connectivity index (χ0) is 30.0. The van der Waals surface area contributed by atoms with Gasteiger partial charge in [-0.2, -0.15) is 5.26 Å². The van der Waals surface area contributed by atoms with Crippen molar-refractivity contribution in [1.82, 2.24) is 20.2 Å². The molecule has 1 fully saturated rings. The summed E-state index contributed by atoms with van der Waals surface area (Å²) in [5.41, 5.74) is 4.08. The first kappa shape index (κ1) is 29.8. The normalized spacial score (nSPS) is 14.2. The van der Waals surface area contributed by atoms with Crippen LogP contribution in [-0.4, -0.2) is 66.7 Å². The maximum absolute atomic E-state index is 13.4. The number of para-hydroxylation sites is 2. The maximum Gasteiger partial charge on any atom is 0.243 e. The van der Waals surface area contributed by atoms with Gasteiger partial charge in [0.1, 0.15) is 5.69 Å². The van der Waals surface area contributed by atoms with Crippen molar-refractivity contribution in [3.05, 3.63) is 89.6 Å². The van der Waals surface area contributed by atoms with Crippen LogP contribution in [0.1, 0.15) is 36.6 Å². The van der Waals surface area contributed by atoms with Gasteiger partial charge in [0.2, 0.25) is 5.91 Å². The molecule has 4 aromatic rings. The lowest BCUT2D eigenvalue weighted by Crippen LogP contribution is -2.47. The van der Waals surface area contributed by atoms with Crippen molar-refractivity contribution in [3.63, 3.8) is 0 Å². The monoisotopic (exact) mass is 578 g/mol. The summed E-state index contributed by atoms with van der Waals surface area (Å²) < 4.78 is 11.4. The lowest BCUT2D eigenvalue weighted by Gasteiger charge is -2.36. The van der Waals surface area contributed by atoms with Crippen molar-refractivity contribution >= 4 is 22.8 Å². The summed E-state index contributed by atoms with van der Waals surface area (Å²) in [7, 11) is 0. The van der Waals surface area contributed by atoms with E-state index in [1.54, 1.807) is 0 Å². The van der Waals surface area contributed by atoms with Crippen molar-refractivity contribution in [2.45, 2.75) is 32.7 Å². The fourth-order valence-electron chi connectivity index (χ4n) is 5.32. The Balaban J connectivity index is 1.30. The van der Waals surface area contributed by atoms with Crippen molar-refractivity contribution < 1.29 is 14.3 Å². The molecule has 9 nitrogen and oxygen atoms in total. The first-order chi connectivity index (χ1) is 21.1. The van der Waals surface area contributed by atoms with Crippen molar-refractivity contribution in [2.75, 3.05) is 50.8 Å². The third-order valence-corrected chi connectivity index (χ3v) is 7.48. The molecule has 2 heterocycles. The Morgan fingerprint density at radius 1 is 0.884 bits per heavy atom. The van der Waals surface area contributed by atoms with E-state index in [4.69, 9.17) is 19.4 Å². The second-order valence-corrected chi connectivity index (χ2v) is 10.4. The highest BCUT2D eigenvalue weighted by molar-refractivity contribution is 5.88. The predicted molar refractivity (Wildman–Crippen MR) is 167 cm³/mol. The fourth-order valence-corrected chi connectivity index (χ4v) is 5.32. The second-order valence-electron chi connectivity index (χ2n) is 10.4. The number of carbonyl (C=O) groups is 1. The lowest BCUT2D eigenvalue weighted by molar-refractivity contribution is -0.121. The number of nitrogens with zero attached hydrogens (tertiary/aromatic N) is 5. The molecule has 1 saturated heterocycles. The zero-order valence-electron chi connectivity index (χ0n) is 24.8. The van der Waals surface area contributed by atoms with Crippen LogP contribution >= 0.6 is 0 Å². The molecular weight excluding hydrogens is 540 g/mol. The average molecular weight is 579 g/mol. The third kappa shape index (κ3) is 7.40. The highest BCUT2D eigenvalue weighted by Crippen LogP contribution is 2.30. The van der Waals surface area contributed by atoms with Crippen molar-refractivity contribution in [3.8, 4) is 17.6 Å². The van der Waals surface area contributed by atoms with E-state index in [0.29, 0.717) is 54.7 Å². The molecular formula is C34H38N6O3. The largest absolute Gasteiger partial charge is 0.490 e. The van der Waals surface area contributed by atoms with E-state index in [9.17, 15) is 10.1 Å². The molecule has 43 heavy (non-hydrogen) atoms. The summed E-state index contributed by atoms with van der Waals surface area (Å²) in [5.74, 6) is 0.515. The lowest BCUT2D eigenvalue weighted by atomic mass is 10.0. The smallest absolute Gasteiger partial charge is 0.243 e. The summed E-state index contributed by atoms with van der Waals surface area (Å²) in [6.45, 7) is 9.34. The predicted octanol–water partition coefficient (Wildman–Crippen LogP) is 4.72. The third-order valence-electron chi connectivity index (χ3n) is 7.48. The van der Waals surface area contributed by atoms with Gasteiger partial charge in [0.15, 0.2) is 23.2 Å². The number of rotatable bonds is 12. The van der Waals surface area contributed by atoms with Gasteiger partial charge in [-0.3, -0.25) is 9.69 Å². The number of benzene rings is 3. The van der Waals surface area contributed by atoms with E-state index >= 15 is 0 Å². The van der Waals surface area contributed by atoms with E-state index < -0.39 is 5.92 Å². The number of anilines is 1. The summed E-state index contributed by atoms with van der Waals surface area (Å²) in [6, 6.07) is 26.0. The molecule has 0 bridgehead atoms. The minimum Gasteiger partial charge on any atom is -0.490 e. The highest BCUT2D eigenvalue weighted by atomic mass is 16.5. The first-order valence-electron chi connectivity index (χ1n) is 14.9. The number of ether oxygens (including phenoxy) is 2. The van der Waals surface area contributed by atoms with E-state index in [1.807, 2.05) is 62.4 Å². The van der Waals surface area contributed by atoms with Gasteiger partial charge in [-0.15, -0.1) is 0 Å². The molecule has 1 amide bonds. The van der Waals surface area contributed by atoms with Crippen LogP contribution in [-0.2, 0) is 17.8 Å². The van der Waals surface area contributed by atoms with Crippen molar-refractivity contribution in [1.29, 1.82) is 5.26 Å². The molecule has 0 radical (unpaired) electrons. The number of nitriles is 1. The second kappa shape index (κ2) is 14.5. The number of piperazine rings is 1. The van der Waals surface area contributed by atoms with Gasteiger partial charge < -0.3 is 19.7 Å². The van der Waals surface area contributed by atoms with E-state index in [0.717, 1.165) is 43.8 Å². The van der Waals surface area contributed by atoms with Crippen LogP contribution in [0.15, 0.2) is 72.8 Å². The standard InChI is InChI=1S/C34H38N6O3/c1-3-42-30-15-14-25(22-31(30)43-4-2)16-17-36-34(41)27(23-35)32-33(38-29-13-9-8-12-28(29)37-32)40-20-18-39(19-21-40)24-26-10-6-5-7-11-26/h5-15,22,27H,3-4,16-21,24H2,1-2H3,(H,36,41)/t27-/m1/s1. The molecule has 3 aromatic carbocycles. The van der Waals surface area contributed by atoms with Gasteiger partial charge in [0, 0.05) is 39.3 Å². The Kier molecular flexibility index (Phi) is 10.0. The number of amides is 1. The van der Waals surface area contributed by atoms with Gasteiger partial charge in [-0.1, -0.05) is 48.5 Å². The molecule has 1 aliphatic heterocycles. The Morgan fingerprint density at radius 3 is 2.26 bits per heavy atom. The number of carbonyl (C=O) groups excluding carboxylic acids is 1. The molecule has 0 aliphatic carbocycles. The van der Waals surface area contributed by atoms with Crippen LogP contribution in [0.3, 0.4) is 0 Å². The fraction of sp³-hybridized carbons (Fsp3) is 0.353. The molecule has 5 rings (SSSR count). The first-order valence-corrected chi connectivity index (χ1v) is 14.9. The SMILES string of the molecule is CCOc1ccc(CCNC(=O)[C@H](C#N)c2nc3ccccc3nc2N2CCN(Cc3ccccc3)CC2)cc1OCC. The minimum absolute atomic E-state index is 0.366. The van der Waals surface area contributed by atoms with Crippen LogP contribution < -0.4 is 19.7 Å². The molecule has 0 spiro atoms. The molecule has 1 aliphatic rings. The van der Waals surface area contributed by atoms with Crippen LogP contribution in [0.25, 0.3) is 11.0 Å². The van der Waals surface area contributed by atoms with Gasteiger partial charge in [0.05, 0.1) is 30.3 Å². The summed E-state index contributed by atoms with van der Waals surface area (Å²) in [6.07, 6.45) is 0.579. The molecule has 0 saturated carbocycles. The summed E-state index contributed by atoms with van der Waals surface area (Å²) >= 11 is 0. The summed E-state index contributed by atoms with van der Waals surface area (Å²) in [4.78, 5) is 27.7. The number of hydrogen-bond donors (Lipinski definition) is 1. The molecule has 1 aromatic heterocycles. The Bertz CT molecular complexity index is 1560. The van der Waals surface area contributed by atoms with Crippen LogP contribution in [0, 0.1) is 11.3 Å². The maximum atomic E-state index is 13.4. The number of fused-ring (bicyclic) bond motifs is 1. The van der Waals surface area contributed by atoms with Gasteiger partial charge in [0.25, 0.3) is 0 Å².